The highest BCUT2D eigenvalue weighted by atomic mass is 16.1. The molecule has 1 aromatic heterocycles. The van der Waals surface area contributed by atoms with E-state index >= 15 is 0 Å². The van der Waals surface area contributed by atoms with Crippen molar-refractivity contribution >= 4 is 5.78 Å². The second-order valence-electron chi connectivity index (χ2n) is 6.48. The quantitative estimate of drug-likeness (QED) is 0.756. The van der Waals surface area contributed by atoms with Crippen molar-refractivity contribution < 1.29 is 4.79 Å². The molecule has 1 aromatic rings. The minimum Gasteiger partial charge on any atom is -0.335 e. The maximum atomic E-state index is 13.0. The first-order chi connectivity index (χ1) is 10.1. The van der Waals surface area contributed by atoms with Crippen LogP contribution in [0.3, 0.4) is 0 Å². The van der Waals surface area contributed by atoms with E-state index in [1.807, 2.05) is 12.4 Å². The van der Waals surface area contributed by atoms with E-state index in [-0.39, 0.29) is 5.54 Å². The molecular formula is C17H29N3O. The number of rotatable bonds is 6. The van der Waals surface area contributed by atoms with Crippen molar-refractivity contribution in [1.29, 1.82) is 0 Å². The van der Waals surface area contributed by atoms with Gasteiger partial charge in [-0.1, -0.05) is 32.6 Å². The van der Waals surface area contributed by atoms with Crippen molar-refractivity contribution in [2.75, 3.05) is 14.1 Å². The van der Waals surface area contributed by atoms with E-state index in [1.165, 1.54) is 12.8 Å². The van der Waals surface area contributed by atoms with E-state index in [0.29, 0.717) is 12.2 Å². The van der Waals surface area contributed by atoms with E-state index in [0.717, 1.165) is 44.5 Å². The molecule has 0 bridgehead atoms. The van der Waals surface area contributed by atoms with E-state index in [4.69, 9.17) is 0 Å². The lowest BCUT2D eigenvalue weighted by molar-refractivity contribution is -0.130. The fourth-order valence-corrected chi connectivity index (χ4v) is 3.55. The van der Waals surface area contributed by atoms with Gasteiger partial charge < -0.3 is 4.57 Å². The van der Waals surface area contributed by atoms with Crippen LogP contribution in [0.5, 0.6) is 0 Å². The Morgan fingerprint density at radius 2 is 1.95 bits per heavy atom. The van der Waals surface area contributed by atoms with Gasteiger partial charge in [-0.05, 0) is 33.4 Å². The normalized spacial score (nSPS) is 18.7. The monoisotopic (exact) mass is 291 g/mol. The summed E-state index contributed by atoms with van der Waals surface area (Å²) in [5.74, 6) is 1.27. The Balaban J connectivity index is 2.16. The van der Waals surface area contributed by atoms with Crippen LogP contribution in [0.2, 0.25) is 0 Å². The first-order valence-corrected chi connectivity index (χ1v) is 8.31. The Labute approximate surface area is 128 Å². The molecule has 0 atom stereocenters. The summed E-state index contributed by atoms with van der Waals surface area (Å²) in [6, 6.07) is 0. The number of likely N-dealkylation sites (N-methyl/N-ethyl adjacent to an activating group) is 1. The summed E-state index contributed by atoms with van der Waals surface area (Å²) in [7, 11) is 4.11. The Kier molecular flexibility index (Phi) is 5.57. The van der Waals surface area contributed by atoms with Crippen LogP contribution in [0.4, 0.5) is 0 Å². The van der Waals surface area contributed by atoms with Gasteiger partial charge in [-0.25, -0.2) is 4.98 Å². The number of hydrogen-bond acceptors (Lipinski definition) is 3. The summed E-state index contributed by atoms with van der Waals surface area (Å²) < 4.78 is 2.12. The SMILES string of the molecule is CCCn1ccnc1CC(=O)C1(N(C)C)CCCCCC1. The van der Waals surface area contributed by atoms with Gasteiger partial charge >= 0.3 is 0 Å². The molecule has 1 aliphatic carbocycles. The average molecular weight is 291 g/mol. The van der Waals surface area contributed by atoms with Crippen LogP contribution in [0, 0.1) is 0 Å². The number of aryl methyl sites for hydroxylation is 1. The minimum absolute atomic E-state index is 0.278. The van der Waals surface area contributed by atoms with Crippen LogP contribution in [0.15, 0.2) is 12.4 Å². The second kappa shape index (κ2) is 7.21. The molecule has 1 saturated carbocycles. The van der Waals surface area contributed by atoms with Crippen LogP contribution in [0.25, 0.3) is 0 Å². The summed E-state index contributed by atoms with van der Waals surface area (Å²) >= 11 is 0. The van der Waals surface area contributed by atoms with Crippen molar-refractivity contribution in [3.8, 4) is 0 Å². The molecule has 0 aromatic carbocycles. The highest BCUT2D eigenvalue weighted by molar-refractivity contribution is 5.89. The first kappa shape index (κ1) is 16.2. The molecule has 0 amide bonds. The van der Waals surface area contributed by atoms with E-state index < -0.39 is 0 Å². The molecule has 21 heavy (non-hydrogen) atoms. The van der Waals surface area contributed by atoms with Crippen LogP contribution < -0.4 is 0 Å². The third-order valence-electron chi connectivity index (χ3n) is 4.89. The fraction of sp³-hybridized carbons (Fsp3) is 0.765. The Morgan fingerprint density at radius 3 is 2.52 bits per heavy atom. The van der Waals surface area contributed by atoms with Gasteiger partial charge in [-0.3, -0.25) is 9.69 Å². The number of carbonyl (C=O) groups excluding carboxylic acids is 1. The average Bonchev–Trinajstić information content (AvgIpc) is 2.75. The van der Waals surface area contributed by atoms with Gasteiger partial charge in [-0.2, -0.15) is 0 Å². The van der Waals surface area contributed by atoms with Crippen LogP contribution in [0.1, 0.15) is 57.7 Å². The molecule has 1 heterocycles. The maximum Gasteiger partial charge on any atom is 0.160 e. The van der Waals surface area contributed by atoms with Crippen molar-refractivity contribution in [2.45, 2.75) is 70.4 Å². The highest BCUT2D eigenvalue weighted by Crippen LogP contribution is 2.32. The van der Waals surface area contributed by atoms with Gasteiger partial charge in [0, 0.05) is 18.9 Å². The maximum absolute atomic E-state index is 13.0. The molecule has 0 N–H and O–H groups in total. The van der Waals surface area contributed by atoms with Crippen LogP contribution >= 0.6 is 0 Å². The number of ketones is 1. The summed E-state index contributed by atoms with van der Waals surface area (Å²) in [5.41, 5.74) is -0.278. The largest absolute Gasteiger partial charge is 0.335 e. The molecule has 0 unspecified atom stereocenters. The molecule has 0 saturated heterocycles. The van der Waals surface area contributed by atoms with Crippen LogP contribution in [-0.4, -0.2) is 39.9 Å². The van der Waals surface area contributed by atoms with Gasteiger partial charge in [0.2, 0.25) is 0 Å². The van der Waals surface area contributed by atoms with E-state index in [1.54, 1.807) is 0 Å². The smallest absolute Gasteiger partial charge is 0.160 e. The van der Waals surface area contributed by atoms with Crippen LogP contribution in [-0.2, 0) is 17.8 Å². The summed E-state index contributed by atoms with van der Waals surface area (Å²) in [6.45, 7) is 3.09. The van der Waals surface area contributed by atoms with Gasteiger partial charge in [0.25, 0.3) is 0 Å². The summed E-state index contributed by atoms with van der Waals surface area (Å²) in [5, 5.41) is 0. The fourth-order valence-electron chi connectivity index (χ4n) is 3.55. The van der Waals surface area contributed by atoms with Crippen molar-refractivity contribution in [1.82, 2.24) is 14.5 Å². The molecule has 1 aliphatic rings. The van der Waals surface area contributed by atoms with Crippen molar-refractivity contribution in [3.63, 3.8) is 0 Å². The minimum atomic E-state index is -0.278. The van der Waals surface area contributed by atoms with Gasteiger partial charge in [-0.15, -0.1) is 0 Å². The molecule has 0 aliphatic heterocycles. The Bertz CT molecular complexity index is 456. The Hall–Kier alpha value is -1.16. The molecule has 2 rings (SSSR count). The lowest BCUT2D eigenvalue weighted by atomic mass is 9.83. The number of nitrogens with zero attached hydrogens (tertiary/aromatic N) is 3. The third-order valence-corrected chi connectivity index (χ3v) is 4.89. The lowest BCUT2D eigenvalue weighted by Gasteiger charge is -2.38. The van der Waals surface area contributed by atoms with Gasteiger partial charge in [0.1, 0.15) is 5.82 Å². The summed E-state index contributed by atoms with van der Waals surface area (Å²) in [6.07, 6.45) is 12.2. The van der Waals surface area contributed by atoms with Gasteiger partial charge in [0.05, 0.1) is 12.0 Å². The zero-order chi connectivity index (χ0) is 15.3. The third kappa shape index (κ3) is 3.54. The molecule has 4 nitrogen and oxygen atoms in total. The predicted molar refractivity (Wildman–Crippen MR) is 85.3 cm³/mol. The van der Waals surface area contributed by atoms with Crippen molar-refractivity contribution in [3.05, 3.63) is 18.2 Å². The number of imidazole rings is 1. The topological polar surface area (TPSA) is 38.1 Å². The van der Waals surface area contributed by atoms with E-state index in [9.17, 15) is 4.79 Å². The number of carbonyl (C=O) groups is 1. The first-order valence-electron chi connectivity index (χ1n) is 8.31. The molecule has 1 fully saturated rings. The van der Waals surface area contributed by atoms with E-state index in [2.05, 4.69) is 35.5 Å². The number of aromatic nitrogens is 2. The zero-order valence-electron chi connectivity index (χ0n) is 13.8. The molecule has 0 radical (unpaired) electrons. The Morgan fingerprint density at radius 1 is 1.29 bits per heavy atom. The second-order valence-corrected chi connectivity index (χ2v) is 6.48. The van der Waals surface area contributed by atoms with Crippen molar-refractivity contribution in [2.24, 2.45) is 0 Å². The molecule has 118 valence electrons. The standard InChI is InChI=1S/C17H29N3O/c1-4-12-20-13-11-18-16(20)14-15(21)17(19(2)3)9-7-5-6-8-10-17/h11,13H,4-10,12,14H2,1-3H3. The molecule has 4 heteroatoms. The van der Waals surface area contributed by atoms with Gasteiger partial charge in [0.15, 0.2) is 5.78 Å². The molecule has 0 spiro atoms. The lowest BCUT2D eigenvalue weighted by Crippen LogP contribution is -2.51. The zero-order valence-corrected chi connectivity index (χ0v) is 13.8. The molecular weight excluding hydrogens is 262 g/mol. The highest BCUT2D eigenvalue weighted by Gasteiger charge is 2.40. The predicted octanol–water partition coefficient (Wildman–Crippen LogP) is 3.06. The number of Topliss-reactive ketones (excluding diaryl/α,β-unsaturated/α-hetero) is 1. The summed E-state index contributed by atoms with van der Waals surface area (Å²) in [4.78, 5) is 19.6. The number of hydrogen-bond donors (Lipinski definition) is 0.